The Kier molecular flexibility index (Phi) is 5.47. The fraction of sp³-hybridized carbons (Fsp3) is 0.400. The summed E-state index contributed by atoms with van der Waals surface area (Å²) in [6.07, 6.45) is 2.84. The number of methoxy groups -OCH3 is 1. The molecule has 128 valence electrons. The molecule has 3 nitrogen and oxygen atoms in total. The molecule has 0 radical (unpaired) electrons. The van der Waals surface area contributed by atoms with E-state index in [0.717, 1.165) is 22.5 Å². The monoisotopic (exact) mass is 388 g/mol. The minimum absolute atomic E-state index is 0.288. The van der Waals surface area contributed by atoms with Gasteiger partial charge in [0.1, 0.15) is 5.75 Å². The first-order valence-corrected chi connectivity index (χ1v) is 9.34. The lowest BCUT2D eigenvalue weighted by atomic mass is 10.2. The Hall–Kier alpha value is -1.52. The van der Waals surface area contributed by atoms with Crippen LogP contribution >= 0.6 is 15.9 Å². The fourth-order valence-electron chi connectivity index (χ4n) is 3.60. The Morgan fingerprint density at radius 2 is 1.92 bits per heavy atom. The third kappa shape index (κ3) is 3.60. The Morgan fingerprint density at radius 1 is 1.17 bits per heavy atom. The van der Waals surface area contributed by atoms with Crippen LogP contribution in [0.2, 0.25) is 0 Å². The maximum absolute atomic E-state index is 5.44. The van der Waals surface area contributed by atoms with Crippen molar-refractivity contribution in [1.29, 1.82) is 0 Å². The average molecular weight is 389 g/mol. The Labute approximate surface area is 153 Å². The van der Waals surface area contributed by atoms with Gasteiger partial charge in [0.15, 0.2) is 0 Å². The van der Waals surface area contributed by atoms with Crippen LogP contribution in [0.5, 0.6) is 5.75 Å². The molecule has 0 amide bonds. The normalized spacial score (nSPS) is 19.2. The van der Waals surface area contributed by atoms with E-state index in [0.29, 0.717) is 6.04 Å². The highest BCUT2D eigenvalue weighted by atomic mass is 79.9. The van der Waals surface area contributed by atoms with Crippen LogP contribution in [0.15, 0.2) is 53.0 Å². The molecular weight excluding hydrogens is 364 g/mol. The molecule has 0 aromatic heterocycles. The van der Waals surface area contributed by atoms with Gasteiger partial charge in [-0.05, 0) is 63.1 Å². The zero-order chi connectivity index (χ0) is 17.1. The molecule has 0 N–H and O–H groups in total. The van der Waals surface area contributed by atoms with Crippen LogP contribution in [-0.4, -0.2) is 30.8 Å². The Bertz CT molecular complexity index is 674. The molecule has 3 rings (SSSR count). The van der Waals surface area contributed by atoms with Crippen LogP contribution in [-0.2, 0) is 0 Å². The highest BCUT2D eigenvalue weighted by molar-refractivity contribution is 9.10. The molecule has 24 heavy (non-hydrogen) atoms. The number of likely N-dealkylation sites (tertiary alicyclic amines) is 1. The highest BCUT2D eigenvalue weighted by Gasteiger charge is 2.30. The standard InChI is InChI=1S/C20H25BrN2O/c1-15-6-5-13-22(15)16(2)23(18-11-9-17(21)10-12-18)19-7-4-8-20(14-19)24-3/h4,7-12,14-16H,5-6,13H2,1-3H3. The van der Waals surface area contributed by atoms with Crippen LogP contribution in [0.4, 0.5) is 11.4 Å². The third-order valence-corrected chi connectivity index (χ3v) is 5.42. The summed E-state index contributed by atoms with van der Waals surface area (Å²) in [4.78, 5) is 4.98. The zero-order valence-corrected chi connectivity index (χ0v) is 16.2. The largest absolute Gasteiger partial charge is 0.497 e. The Morgan fingerprint density at radius 3 is 2.54 bits per heavy atom. The first-order valence-electron chi connectivity index (χ1n) is 8.55. The van der Waals surface area contributed by atoms with E-state index in [1.54, 1.807) is 7.11 Å². The molecule has 1 saturated heterocycles. The number of hydrogen-bond donors (Lipinski definition) is 0. The topological polar surface area (TPSA) is 15.7 Å². The zero-order valence-electron chi connectivity index (χ0n) is 14.6. The molecule has 1 heterocycles. The van der Waals surface area contributed by atoms with Crippen LogP contribution in [0.1, 0.15) is 26.7 Å². The van der Waals surface area contributed by atoms with Crippen molar-refractivity contribution in [2.75, 3.05) is 18.6 Å². The summed E-state index contributed by atoms with van der Waals surface area (Å²) < 4.78 is 6.53. The van der Waals surface area contributed by atoms with Gasteiger partial charge in [-0.15, -0.1) is 0 Å². The molecule has 0 aliphatic carbocycles. The summed E-state index contributed by atoms with van der Waals surface area (Å²) in [5.74, 6) is 0.885. The molecule has 1 aliphatic rings. The molecule has 2 aromatic rings. The second kappa shape index (κ2) is 7.58. The minimum Gasteiger partial charge on any atom is -0.497 e. The summed E-state index contributed by atoms with van der Waals surface area (Å²) >= 11 is 3.54. The number of nitrogens with zero attached hydrogens (tertiary/aromatic N) is 2. The number of anilines is 2. The number of halogens is 1. The van der Waals surface area contributed by atoms with Crippen molar-refractivity contribution in [2.45, 2.75) is 38.9 Å². The minimum atomic E-state index is 0.288. The van der Waals surface area contributed by atoms with Gasteiger partial charge in [0, 0.05) is 34.5 Å². The first kappa shape index (κ1) is 17.3. The van der Waals surface area contributed by atoms with Gasteiger partial charge < -0.3 is 9.64 Å². The second-order valence-corrected chi connectivity index (χ2v) is 7.32. The van der Waals surface area contributed by atoms with Crippen molar-refractivity contribution in [3.05, 3.63) is 53.0 Å². The molecule has 2 aromatic carbocycles. The summed E-state index contributed by atoms with van der Waals surface area (Å²) in [5.41, 5.74) is 2.35. The van der Waals surface area contributed by atoms with Gasteiger partial charge in [0.25, 0.3) is 0 Å². The van der Waals surface area contributed by atoms with Gasteiger partial charge in [-0.1, -0.05) is 22.0 Å². The summed E-state index contributed by atoms with van der Waals surface area (Å²) in [7, 11) is 1.72. The number of rotatable bonds is 5. The van der Waals surface area contributed by atoms with E-state index >= 15 is 0 Å². The van der Waals surface area contributed by atoms with Crippen molar-refractivity contribution in [3.8, 4) is 5.75 Å². The smallest absolute Gasteiger partial charge is 0.120 e. The molecule has 1 aliphatic heterocycles. The van der Waals surface area contributed by atoms with Crippen molar-refractivity contribution in [1.82, 2.24) is 4.90 Å². The molecule has 0 bridgehead atoms. The van der Waals surface area contributed by atoms with Crippen LogP contribution < -0.4 is 9.64 Å². The lowest BCUT2D eigenvalue weighted by Crippen LogP contribution is -2.46. The van der Waals surface area contributed by atoms with Crippen LogP contribution in [0.25, 0.3) is 0 Å². The molecule has 0 spiro atoms. The van der Waals surface area contributed by atoms with Crippen LogP contribution in [0.3, 0.4) is 0 Å². The van der Waals surface area contributed by atoms with E-state index in [9.17, 15) is 0 Å². The van der Waals surface area contributed by atoms with Crippen molar-refractivity contribution in [2.24, 2.45) is 0 Å². The van der Waals surface area contributed by atoms with E-state index < -0.39 is 0 Å². The fourth-order valence-corrected chi connectivity index (χ4v) is 3.87. The van der Waals surface area contributed by atoms with Gasteiger partial charge in [-0.25, -0.2) is 0 Å². The third-order valence-electron chi connectivity index (χ3n) is 4.89. The molecule has 2 unspecified atom stereocenters. The van der Waals surface area contributed by atoms with E-state index in [1.807, 2.05) is 6.07 Å². The first-order chi connectivity index (χ1) is 11.6. The van der Waals surface area contributed by atoms with E-state index in [2.05, 4.69) is 82.0 Å². The maximum atomic E-state index is 5.44. The van der Waals surface area contributed by atoms with Gasteiger partial charge in [-0.2, -0.15) is 0 Å². The second-order valence-electron chi connectivity index (χ2n) is 6.41. The van der Waals surface area contributed by atoms with Gasteiger partial charge in [-0.3, -0.25) is 4.90 Å². The van der Waals surface area contributed by atoms with Crippen molar-refractivity contribution >= 4 is 27.3 Å². The average Bonchev–Trinajstić information content (AvgIpc) is 3.03. The summed E-state index contributed by atoms with van der Waals surface area (Å²) in [6, 6.07) is 17.5. The number of hydrogen-bond acceptors (Lipinski definition) is 3. The van der Waals surface area contributed by atoms with Crippen molar-refractivity contribution < 1.29 is 4.74 Å². The van der Waals surface area contributed by atoms with Crippen molar-refractivity contribution in [3.63, 3.8) is 0 Å². The number of benzene rings is 2. The lowest BCUT2D eigenvalue weighted by Gasteiger charge is -2.39. The van der Waals surface area contributed by atoms with Gasteiger partial charge in [0.2, 0.25) is 0 Å². The molecule has 4 heteroatoms. The molecule has 1 fully saturated rings. The number of ether oxygens (including phenoxy) is 1. The Balaban J connectivity index is 2.01. The predicted octanol–water partition coefficient (Wildman–Crippen LogP) is 5.43. The van der Waals surface area contributed by atoms with E-state index in [-0.39, 0.29) is 6.17 Å². The quantitative estimate of drug-likeness (QED) is 0.679. The molecule has 0 saturated carbocycles. The predicted molar refractivity (Wildman–Crippen MR) is 104 cm³/mol. The SMILES string of the molecule is COc1cccc(N(c2ccc(Br)cc2)C(C)N2CCCC2C)c1. The highest BCUT2D eigenvalue weighted by Crippen LogP contribution is 2.34. The maximum Gasteiger partial charge on any atom is 0.120 e. The molecule has 2 atom stereocenters. The summed E-state index contributed by atoms with van der Waals surface area (Å²) in [6.45, 7) is 5.78. The van der Waals surface area contributed by atoms with Gasteiger partial charge >= 0.3 is 0 Å². The van der Waals surface area contributed by atoms with Crippen LogP contribution in [0, 0.1) is 0 Å². The molecular formula is C20H25BrN2O. The van der Waals surface area contributed by atoms with Gasteiger partial charge in [0.05, 0.1) is 13.3 Å². The van der Waals surface area contributed by atoms with E-state index in [1.165, 1.54) is 18.5 Å². The lowest BCUT2D eigenvalue weighted by molar-refractivity contribution is 0.206. The van der Waals surface area contributed by atoms with E-state index in [4.69, 9.17) is 4.74 Å². The summed E-state index contributed by atoms with van der Waals surface area (Å²) in [5, 5.41) is 0.